The number of ether oxygens (including phenoxy) is 2. The molecule has 1 aliphatic rings. The van der Waals surface area contributed by atoms with Crippen molar-refractivity contribution in [3.8, 4) is 0 Å². The van der Waals surface area contributed by atoms with Gasteiger partial charge in [0.2, 0.25) is 0 Å². The fourth-order valence-corrected chi connectivity index (χ4v) is 0.292. The molecule has 0 aromatic heterocycles. The number of rotatable bonds is 0. The fraction of sp³-hybridized carbons (Fsp3) is 0.667. The van der Waals surface area contributed by atoms with Crippen LogP contribution >= 0.6 is 0 Å². The maximum atomic E-state index is 9.80. The van der Waals surface area contributed by atoms with Crippen LogP contribution in [0.4, 0.5) is 4.79 Å². The summed E-state index contributed by atoms with van der Waals surface area (Å²) in [5, 5.41) is 0. The Kier molecular flexibility index (Phi) is 2.26. The normalized spacial score (nSPS) is 16.9. The van der Waals surface area contributed by atoms with E-state index in [9.17, 15) is 4.79 Å². The second-order valence-electron chi connectivity index (χ2n) is 0.947. The minimum absolute atomic E-state index is 0. The highest BCUT2D eigenvalue weighted by atomic mass is 16.8. The van der Waals surface area contributed by atoms with Gasteiger partial charge in [0.25, 0.3) is 0 Å². The molecule has 1 rings (SSSR count). The molecule has 7 heavy (non-hydrogen) atoms. The van der Waals surface area contributed by atoms with Crippen LogP contribution in [0.15, 0.2) is 0 Å². The van der Waals surface area contributed by atoms with E-state index in [0.717, 1.165) is 0 Å². The van der Waals surface area contributed by atoms with Gasteiger partial charge in [-0.05, 0) is 0 Å². The largest absolute Gasteiger partial charge is 0.508 e. The van der Waals surface area contributed by atoms with Gasteiger partial charge in [-0.15, -0.1) is 0 Å². The van der Waals surface area contributed by atoms with Crippen LogP contribution in [0.1, 0.15) is 0 Å². The van der Waals surface area contributed by atoms with Gasteiger partial charge in [0, 0.05) is 8.41 Å². The summed E-state index contributed by atoms with van der Waals surface area (Å²) in [7, 11) is 0. The first-order chi connectivity index (χ1) is 2.89. The Morgan fingerprint density at radius 2 is 1.71 bits per heavy atom. The van der Waals surface area contributed by atoms with E-state index in [1.54, 1.807) is 0 Å². The summed E-state index contributed by atoms with van der Waals surface area (Å²) in [5.41, 5.74) is 0. The Bertz CT molecular complexity index is 64.6. The van der Waals surface area contributed by atoms with Crippen LogP contribution in [-0.4, -0.2) is 27.8 Å². The standard InChI is InChI=1S/C3H4O3.B/c4-3-5-1-2-6-3;/h1-2H2;. The molecule has 3 nitrogen and oxygen atoms in total. The van der Waals surface area contributed by atoms with Crippen LogP contribution in [0.5, 0.6) is 0 Å². The second kappa shape index (κ2) is 2.50. The predicted molar refractivity (Wildman–Crippen MR) is 23.1 cm³/mol. The minimum atomic E-state index is -0.546. The Morgan fingerprint density at radius 1 is 1.29 bits per heavy atom. The maximum Gasteiger partial charge on any atom is 0.508 e. The first-order valence-electron chi connectivity index (χ1n) is 1.69. The summed E-state index contributed by atoms with van der Waals surface area (Å²) >= 11 is 0. The topological polar surface area (TPSA) is 35.5 Å². The highest BCUT2D eigenvalue weighted by molar-refractivity contribution is 5.75. The molecule has 0 aromatic carbocycles. The number of cyclic esters (lactones) is 2. The Hall–Kier alpha value is -0.665. The third-order valence-corrected chi connectivity index (χ3v) is 0.523. The maximum absolute atomic E-state index is 9.80. The Labute approximate surface area is 43.2 Å². The summed E-state index contributed by atoms with van der Waals surface area (Å²) in [4.78, 5) is 9.80. The van der Waals surface area contributed by atoms with E-state index in [-0.39, 0.29) is 8.41 Å². The van der Waals surface area contributed by atoms with Crippen LogP contribution in [0.2, 0.25) is 0 Å². The summed E-state index contributed by atoms with van der Waals surface area (Å²) in [6.07, 6.45) is -0.546. The zero-order valence-corrected chi connectivity index (χ0v) is 3.72. The Morgan fingerprint density at radius 3 is 1.86 bits per heavy atom. The van der Waals surface area contributed by atoms with Crippen molar-refractivity contribution >= 4 is 14.6 Å². The molecule has 0 atom stereocenters. The quantitative estimate of drug-likeness (QED) is 0.311. The third kappa shape index (κ3) is 1.48. The molecule has 0 aromatic rings. The lowest BCUT2D eigenvalue weighted by Crippen LogP contribution is -1.88. The van der Waals surface area contributed by atoms with Gasteiger partial charge in [0.1, 0.15) is 13.2 Å². The van der Waals surface area contributed by atoms with Gasteiger partial charge < -0.3 is 9.47 Å². The molecule has 0 unspecified atom stereocenters. The van der Waals surface area contributed by atoms with Gasteiger partial charge in [-0.3, -0.25) is 0 Å². The van der Waals surface area contributed by atoms with Crippen molar-refractivity contribution in [1.29, 1.82) is 0 Å². The highest BCUT2D eigenvalue weighted by Crippen LogP contribution is 1.92. The second-order valence-corrected chi connectivity index (χ2v) is 0.947. The predicted octanol–water partition coefficient (Wildman–Crippen LogP) is -0.228. The SMILES string of the molecule is O=C1OCCO1.[B]. The Balaban J connectivity index is 0.000000360. The molecule has 0 spiro atoms. The van der Waals surface area contributed by atoms with Gasteiger partial charge in [0.05, 0.1) is 0 Å². The molecule has 1 heterocycles. The molecule has 0 amide bonds. The van der Waals surface area contributed by atoms with E-state index in [2.05, 4.69) is 9.47 Å². The number of carbonyl (C=O) groups is 1. The lowest BCUT2D eigenvalue weighted by atomic mass is 10.8. The molecule has 0 saturated carbocycles. The van der Waals surface area contributed by atoms with Gasteiger partial charge in [-0.1, -0.05) is 0 Å². The molecule has 3 radical (unpaired) electrons. The fourth-order valence-electron chi connectivity index (χ4n) is 0.292. The van der Waals surface area contributed by atoms with Crippen LogP contribution in [0.3, 0.4) is 0 Å². The summed E-state index contributed by atoms with van der Waals surface area (Å²) in [5.74, 6) is 0. The molecular formula is C3H4BO3. The summed E-state index contributed by atoms with van der Waals surface area (Å²) in [6.45, 7) is 0.831. The minimum Gasteiger partial charge on any atom is -0.431 e. The number of carbonyl (C=O) groups excluding carboxylic acids is 1. The molecular weight excluding hydrogens is 94.8 g/mol. The van der Waals surface area contributed by atoms with Crippen molar-refractivity contribution in [1.82, 2.24) is 0 Å². The number of hydrogen-bond donors (Lipinski definition) is 0. The van der Waals surface area contributed by atoms with E-state index in [1.165, 1.54) is 0 Å². The molecule has 0 bridgehead atoms. The monoisotopic (exact) mass is 99.0 g/mol. The zero-order valence-electron chi connectivity index (χ0n) is 3.72. The van der Waals surface area contributed by atoms with Gasteiger partial charge in [0.15, 0.2) is 0 Å². The molecule has 37 valence electrons. The van der Waals surface area contributed by atoms with Crippen molar-refractivity contribution in [2.24, 2.45) is 0 Å². The van der Waals surface area contributed by atoms with Crippen LogP contribution in [0, 0.1) is 0 Å². The van der Waals surface area contributed by atoms with E-state index in [1.807, 2.05) is 0 Å². The molecule has 4 heteroatoms. The van der Waals surface area contributed by atoms with Crippen LogP contribution < -0.4 is 0 Å². The van der Waals surface area contributed by atoms with Crippen LogP contribution in [-0.2, 0) is 9.47 Å². The number of hydrogen-bond acceptors (Lipinski definition) is 3. The summed E-state index contributed by atoms with van der Waals surface area (Å²) < 4.78 is 8.58. The lowest BCUT2D eigenvalue weighted by molar-refractivity contribution is 0.131. The zero-order chi connectivity index (χ0) is 4.41. The van der Waals surface area contributed by atoms with Crippen molar-refractivity contribution in [2.75, 3.05) is 13.2 Å². The molecule has 0 N–H and O–H groups in total. The lowest BCUT2D eigenvalue weighted by Gasteiger charge is -1.78. The van der Waals surface area contributed by atoms with Crippen molar-refractivity contribution in [3.63, 3.8) is 0 Å². The summed E-state index contributed by atoms with van der Waals surface area (Å²) in [6, 6.07) is 0. The average molecular weight is 98.9 g/mol. The first kappa shape index (κ1) is 6.33. The first-order valence-corrected chi connectivity index (χ1v) is 1.69. The van der Waals surface area contributed by atoms with Crippen molar-refractivity contribution in [3.05, 3.63) is 0 Å². The molecule has 1 saturated heterocycles. The molecule has 1 aliphatic heterocycles. The van der Waals surface area contributed by atoms with E-state index >= 15 is 0 Å². The average Bonchev–Trinajstić information content (AvgIpc) is 1.86. The van der Waals surface area contributed by atoms with Gasteiger partial charge in [-0.2, -0.15) is 0 Å². The van der Waals surface area contributed by atoms with Crippen molar-refractivity contribution in [2.45, 2.75) is 0 Å². The van der Waals surface area contributed by atoms with Crippen molar-refractivity contribution < 1.29 is 14.3 Å². The van der Waals surface area contributed by atoms with E-state index in [4.69, 9.17) is 0 Å². The molecule has 1 fully saturated rings. The smallest absolute Gasteiger partial charge is 0.431 e. The van der Waals surface area contributed by atoms with Gasteiger partial charge in [-0.25, -0.2) is 4.79 Å². The van der Waals surface area contributed by atoms with Gasteiger partial charge >= 0.3 is 6.16 Å². The highest BCUT2D eigenvalue weighted by Gasteiger charge is 2.09. The van der Waals surface area contributed by atoms with E-state index < -0.39 is 6.16 Å². The van der Waals surface area contributed by atoms with Crippen LogP contribution in [0.25, 0.3) is 0 Å². The van der Waals surface area contributed by atoms with E-state index in [0.29, 0.717) is 13.2 Å². The molecule has 0 aliphatic carbocycles. The third-order valence-electron chi connectivity index (χ3n) is 0.523.